The van der Waals surface area contributed by atoms with E-state index in [0.29, 0.717) is 6.42 Å². The molecule has 1 rings (SSSR count). The molecule has 1 heterocycles. The molecule has 0 aliphatic heterocycles. The topological polar surface area (TPSA) is 36.4 Å². The summed E-state index contributed by atoms with van der Waals surface area (Å²) in [5.41, 5.74) is 2.02. The quantitative estimate of drug-likeness (QED) is 0.717. The van der Waals surface area contributed by atoms with Crippen LogP contribution in [-0.2, 0) is 6.42 Å². The molecule has 12 heavy (non-hydrogen) atoms. The van der Waals surface area contributed by atoms with Crippen molar-refractivity contribution in [3.63, 3.8) is 0 Å². The molecule has 0 aliphatic rings. The minimum atomic E-state index is 0.151. The summed E-state index contributed by atoms with van der Waals surface area (Å²) in [6, 6.07) is 3.90. The van der Waals surface area contributed by atoms with Crippen LogP contribution < -0.4 is 4.90 Å². The molecule has 3 heteroatoms. The first kappa shape index (κ1) is 9.00. The maximum Gasteiger partial charge on any atom is 0.0659 e. The smallest absolute Gasteiger partial charge is 0.0659 e. The standard InChI is InChI=1S/C9H14N2O/c1-11(2)9-4-3-6-10-8(9)5-7-12/h3-4,6,12H,5,7H2,1-2H3. The molecule has 0 bridgehead atoms. The van der Waals surface area contributed by atoms with Gasteiger partial charge in [-0.2, -0.15) is 0 Å². The van der Waals surface area contributed by atoms with Crippen LogP contribution in [0.25, 0.3) is 0 Å². The Kier molecular flexibility index (Phi) is 3.05. The van der Waals surface area contributed by atoms with Crippen molar-refractivity contribution < 1.29 is 5.11 Å². The molecule has 66 valence electrons. The first-order valence-electron chi connectivity index (χ1n) is 3.97. The summed E-state index contributed by atoms with van der Waals surface area (Å²) in [7, 11) is 3.94. The number of hydrogen-bond acceptors (Lipinski definition) is 3. The number of aliphatic hydroxyl groups excluding tert-OH is 1. The molecule has 0 aliphatic carbocycles. The van der Waals surface area contributed by atoms with Crippen LogP contribution in [0, 0.1) is 0 Å². The Bertz CT molecular complexity index is 248. The van der Waals surface area contributed by atoms with Gasteiger partial charge < -0.3 is 10.0 Å². The minimum Gasteiger partial charge on any atom is -0.396 e. The van der Waals surface area contributed by atoms with Crippen molar-refractivity contribution in [2.45, 2.75) is 6.42 Å². The lowest BCUT2D eigenvalue weighted by atomic mass is 10.2. The SMILES string of the molecule is CN(C)c1cccnc1CCO. The van der Waals surface area contributed by atoms with Crippen molar-refractivity contribution in [2.75, 3.05) is 25.6 Å². The van der Waals surface area contributed by atoms with Crippen LogP contribution in [0.3, 0.4) is 0 Å². The van der Waals surface area contributed by atoms with E-state index in [0.717, 1.165) is 11.4 Å². The van der Waals surface area contributed by atoms with Gasteiger partial charge in [-0.25, -0.2) is 0 Å². The normalized spacial score (nSPS) is 9.92. The summed E-state index contributed by atoms with van der Waals surface area (Å²) in [5.74, 6) is 0. The van der Waals surface area contributed by atoms with Crippen LogP contribution >= 0.6 is 0 Å². The monoisotopic (exact) mass is 166 g/mol. The van der Waals surface area contributed by atoms with Gasteiger partial charge >= 0.3 is 0 Å². The molecule has 0 spiro atoms. The van der Waals surface area contributed by atoms with Gasteiger partial charge in [0.1, 0.15) is 0 Å². The van der Waals surface area contributed by atoms with E-state index in [2.05, 4.69) is 4.98 Å². The predicted octanol–water partition coefficient (Wildman–Crippen LogP) is 0.682. The maximum absolute atomic E-state index is 8.77. The summed E-state index contributed by atoms with van der Waals surface area (Å²) < 4.78 is 0. The zero-order valence-corrected chi connectivity index (χ0v) is 7.49. The first-order valence-corrected chi connectivity index (χ1v) is 3.97. The van der Waals surface area contributed by atoms with E-state index in [1.54, 1.807) is 6.20 Å². The minimum absolute atomic E-state index is 0.151. The maximum atomic E-state index is 8.77. The Morgan fingerprint density at radius 2 is 2.25 bits per heavy atom. The van der Waals surface area contributed by atoms with Crippen LogP contribution in [0.2, 0.25) is 0 Å². The van der Waals surface area contributed by atoms with Crippen LogP contribution in [0.4, 0.5) is 5.69 Å². The highest BCUT2D eigenvalue weighted by Gasteiger charge is 2.02. The lowest BCUT2D eigenvalue weighted by Crippen LogP contribution is -2.12. The van der Waals surface area contributed by atoms with Gasteiger partial charge in [0.25, 0.3) is 0 Å². The fourth-order valence-corrected chi connectivity index (χ4v) is 1.14. The molecule has 1 aromatic heterocycles. The van der Waals surface area contributed by atoms with Crippen molar-refractivity contribution >= 4 is 5.69 Å². The fraction of sp³-hybridized carbons (Fsp3) is 0.444. The van der Waals surface area contributed by atoms with Crippen molar-refractivity contribution in [1.82, 2.24) is 4.98 Å². The number of pyridine rings is 1. The van der Waals surface area contributed by atoms with E-state index in [1.807, 2.05) is 31.1 Å². The average Bonchev–Trinajstić information content (AvgIpc) is 2.05. The zero-order valence-electron chi connectivity index (χ0n) is 7.49. The highest BCUT2D eigenvalue weighted by molar-refractivity contribution is 5.48. The largest absolute Gasteiger partial charge is 0.396 e. The summed E-state index contributed by atoms with van der Waals surface area (Å²) in [5, 5.41) is 8.77. The summed E-state index contributed by atoms with van der Waals surface area (Å²) in [4.78, 5) is 6.19. The average molecular weight is 166 g/mol. The highest BCUT2D eigenvalue weighted by Crippen LogP contribution is 2.14. The molecule has 1 N–H and O–H groups in total. The summed E-state index contributed by atoms with van der Waals surface area (Å²) in [6.07, 6.45) is 2.37. The predicted molar refractivity (Wildman–Crippen MR) is 49.4 cm³/mol. The van der Waals surface area contributed by atoms with Crippen molar-refractivity contribution in [3.8, 4) is 0 Å². The van der Waals surface area contributed by atoms with Crippen LogP contribution in [0.5, 0.6) is 0 Å². The third kappa shape index (κ3) is 1.95. The van der Waals surface area contributed by atoms with Gasteiger partial charge in [-0.1, -0.05) is 0 Å². The van der Waals surface area contributed by atoms with E-state index in [1.165, 1.54) is 0 Å². The van der Waals surface area contributed by atoms with Gasteiger partial charge in [0.2, 0.25) is 0 Å². The lowest BCUT2D eigenvalue weighted by Gasteiger charge is -2.15. The first-order chi connectivity index (χ1) is 5.75. The van der Waals surface area contributed by atoms with E-state index in [9.17, 15) is 0 Å². The molecule has 0 unspecified atom stereocenters. The number of hydrogen-bond donors (Lipinski definition) is 1. The van der Waals surface area contributed by atoms with Gasteiger partial charge in [0.15, 0.2) is 0 Å². The van der Waals surface area contributed by atoms with Crippen LogP contribution in [0.15, 0.2) is 18.3 Å². The summed E-state index contributed by atoms with van der Waals surface area (Å²) in [6.45, 7) is 0.151. The van der Waals surface area contributed by atoms with Gasteiger partial charge in [0.05, 0.1) is 11.4 Å². The van der Waals surface area contributed by atoms with Crippen molar-refractivity contribution in [3.05, 3.63) is 24.0 Å². The van der Waals surface area contributed by atoms with Gasteiger partial charge in [0, 0.05) is 33.3 Å². The van der Waals surface area contributed by atoms with Crippen molar-refractivity contribution in [1.29, 1.82) is 0 Å². The third-order valence-electron chi connectivity index (χ3n) is 1.70. The van der Waals surface area contributed by atoms with Gasteiger partial charge in [-0.3, -0.25) is 4.98 Å². The number of anilines is 1. The fourth-order valence-electron chi connectivity index (χ4n) is 1.14. The Morgan fingerprint density at radius 3 is 2.83 bits per heavy atom. The molecule has 1 aromatic rings. The molecule has 0 saturated heterocycles. The molecular weight excluding hydrogens is 152 g/mol. The van der Waals surface area contributed by atoms with E-state index in [-0.39, 0.29) is 6.61 Å². The number of nitrogens with zero attached hydrogens (tertiary/aromatic N) is 2. The number of rotatable bonds is 3. The molecule has 0 saturated carbocycles. The molecular formula is C9H14N2O. The van der Waals surface area contributed by atoms with Gasteiger partial charge in [-0.15, -0.1) is 0 Å². The van der Waals surface area contributed by atoms with E-state index in [4.69, 9.17) is 5.11 Å². The Hall–Kier alpha value is -1.09. The Labute approximate surface area is 72.7 Å². The number of aliphatic hydroxyl groups is 1. The highest BCUT2D eigenvalue weighted by atomic mass is 16.3. The molecule has 3 nitrogen and oxygen atoms in total. The second-order valence-electron chi connectivity index (χ2n) is 2.84. The van der Waals surface area contributed by atoms with Crippen LogP contribution in [-0.4, -0.2) is 30.8 Å². The number of aromatic nitrogens is 1. The lowest BCUT2D eigenvalue weighted by molar-refractivity contribution is 0.298. The second-order valence-corrected chi connectivity index (χ2v) is 2.84. The molecule has 0 atom stereocenters. The molecule has 0 fully saturated rings. The third-order valence-corrected chi connectivity index (χ3v) is 1.70. The van der Waals surface area contributed by atoms with E-state index < -0.39 is 0 Å². The van der Waals surface area contributed by atoms with Crippen LogP contribution in [0.1, 0.15) is 5.69 Å². The van der Waals surface area contributed by atoms with Crippen molar-refractivity contribution in [2.24, 2.45) is 0 Å². The molecule has 0 aromatic carbocycles. The second kappa shape index (κ2) is 4.07. The Morgan fingerprint density at radius 1 is 1.50 bits per heavy atom. The molecule has 0 amide bonds. The zero-order chi connectivity index (χ0) is 8.97. The van der Waals surface area contributed by atoms with E-state index >= 15 is 0 Å². The molecule has 0 radical (unpaired) electrons. The summed E-state index contributed by atoms with van der Waals surface area (Å²) >= 11 is 0. The van der Waals surface area contributed by atoms with Gasteiger partial charge in [-0.05, 0) is 12.1 Å². The Balaban J connectivity index is 2.92.